The highest BCUT2D eigenvalue weighted by molar-refractivity contribution is 7.92. The molecule has 11 heteroatoms. The average Bonchev–Trinajstić information content (AvgIpc) is 3.03. The second-order valence-corrected chi connectivity index (χ2v) is 13.6. The molecule has 0 aliphatic carbocycles. The van der Waals surface area contributed by atoms with Crippen molar-refractivity contribution in [3.05, 3.63) is 124 Å². The van der Waals surface area contributed by atoms with E-state index < -0.39 is 28.5 Å². The van der Waals surface area contributed by atoms with Crippen LogP contribution in [-0.4, -0.2) is 50.0 Å². The Morgan fingerprint density at radius 2 is 1.39 bits per heavy atom. The predicted octanol–water partition coefficient (Wildman–Crippen LogP) is 7.11. The van der Waals surface area contributed by atoms with E-state index in [9.17, 15) is 18.0 Å². The fourth-order valence-corrected chi connectivity index (χ4v) is 6.13. The van der Waals surface area contributed by atoms with Gasteiger partial charge in [0.1, 0.15) is 24.1 Å². The first-order valence-corrected chi connectivity index (χ1v) is 17.4. The second-order valence-electron chi connectivity index (χ2n) is 10.9. The SMILES string of the molecule is CC[C@H](C)NC(=O)[C@H](Cc1ccccc1)N(Cc1c(Cl)cccc1Cl)C(=O)CN(c1ccc(Oc2ccccc2)cc1)S(C)(=O)=O. The molecule has 242 valence electrons. The Hall–Kier alpha value is -4.05. The number of carbonyl (C=O) groups excluding carboxylic acids is 2. The normalized spacial score (nSPS) is 12.5. The van der Waals surface area contributed by atoms with Crippen LogP contribution in [0.5, 0.6) is 11.5 Å². The van der Waals surface area contributed by atoms with E-state index in [1.54, 1.807) is 54.6 Å². The van der Waals surface area contributed by atoms with E-state index >= 15 is 0 Å². The van der Waals surface area contributed by atoms with Gasteiger partial charge in [-0.15, -0.1) is 0 Å². The number of carbonyl (C=O) groups is 2. The van der Waals surface area contributed by atoms with Crippen molar-refractivity contribution >= 4 is 50.7 Å². The van der Waals surface area contributed by atoms with Crippen molar-refractivity contribution in [1.29, 1.82) is 0 Å². The first-order valence-electron chi connectivity index (χ1n) is 14.8. The van der Waals surface area contributed by atoms with Crippen LogP contribution in [0.1, 0.15) is 31.4 Å². The van der Waals surface area contributed by atoms with Gasteiger partial charge in [-0.2, -0.15) is 0 Å². The number of hydrogen-bond acceptors (Lipinski definition) is 5. The molecule has 0 aliphatic rings. The number of rotatable bonds is 14. The van der Waals surface area contributed by atoms with Crippen molar-refractivity contribution in [2.75, 3.05) is 17.1 Å². The molecule has 2 amide bonds. The van der Waals surface area contributed by atoms with Gasteiger partial charge < -0.3 is 15.0 Å². The van der Waals surface area contributed by atoms with Gasteiger partial charge in [-0.1, -0.05) is 84.7 Å². The number of hydrogen-bond donors (Lipinski definition) is 1. The fourth-order valence-electron chi connectivity index (χ4n) is 4.77. The molecule has 0 heterocycles. The van der Waals surface area contributed by atoms with Crippen molar-refractivity contribution in [2.45, 2.75) is 45.3 Å². The lowest BCUT2D eigenvalue weighted by Crippen LogP contribution is -2.54. The first kappa shape index (κ1) is 34.8. The lowest BCUT2D eigenvalue weighted by molar-refractivity contribution is -0.140. The van der Waals surface area contributed by atoms with Crippen molar-refractivity contribution in [2.24, 2.45) is 0 Å². The molecule has 0 spiro atoms. The zero-order valence-corrected chi connectivity index (χ0v) is 28.2. The molecule has 4 aromatic rings. The molecule has 0 aliphatic heterocycles. The Balaban J connectivity index is 1.71. The van der Waals surface area contributed by atoms with Gasteiger partial charge in [-0.3, -0.25) is 13.9 Å². The van der Waals surface area contributed by atoms with E-state index in [-0.39, 0.29) is 30.6 Å². The van der Waals surface area contributed by atoms with Gasteiger partial charge in [0.25, 0.3) is 0 Å². The van der Waals surface area contributed by atoms with Gasteiger partial charge in [-0.25, -0.2) is 8.42 Å². The van der Waals surface area contributed by atoms with Crippen LogP contribution in [0, 0.1) is 0 Å². The van der Waals surface area contributed by atoms with Gasteiger partial charge >= 0.3 is 0 Å². The molecule has 2 atom stereocenters. The molecule has 0 fully saturated rings. The van der Waals surface area contributed by atoms with Crippen LogP contribution >= 0.6 is 23.2 Å². The largest absolute Gasteiger partial charge is 0.457 e. The van der Waals surface area contributed by atoms with E-state index in [1.807, 2.05) is 62.4 Å². The summed E-state index contributed by atoms with van der Waals surface area (Å²) in [6, 6.07) is 28.7. The summed E-state index contributed by atoms with van der Waals surface area (Å²) in [7, 11) is -3.94. The Morgan fingerprint density at radius 1 is 0.826 bits per heavy atom. The van der Waals surface area contributed by atoms with E-state index in [1.165, 1.54) is 4.90 Å². The summed E-state index contributed by atoms with van der Waals surface area (Å²) in [6.45, 7) is 3.14. The van der Waals surface area contributed by atoms with Crippen LogP contribution in [0.3, 0.4) is 0 Å². The molecule has 0 bridgehead atoms. The highest BCUT2D eigenvalue weighted by atomic mass is 35.5. The number of anilines is 1. The molecule has 4 rings (SSSR count). The maximum absolute atomic E-state index is 14.3. The minimum Gasteiger partial charge on any atom is -0.457 e. The highest BCUT2D eigenvalue weighted by Crippen LogP contribution is 2.29. The molecule has 46 heavy (non-hydrogen) atoms. The first-order chi connectivity index (χ1) is 22.0. The topological polar surface area (TPSA) is 96.0 Å². The summed E-state index contributed by atoms with van der Waals surface area (Å²) in [5.41, 5.74) is 1.53. The van der Waals surface area contributed by atoms with Crippen molar-refractivity contribution in [1.82, 2.24) is 10.2 Å². The Bertz CT molecular complexity index is 1700. The molecule has 0 saturated heterocycles. The quantitative estimate of drug-likeness (QED) is 0.153. The third kappa shape index (κ3) is 9.48. The lowest BCUT2D eigenvalue weighted by atomic mass is 10.0. The van der Waals surface area contributed by atoms with Gasteiger partial charge in [0.05, 0.1) is 11.9 Å². The Labute approximate surface area is 280 Å². The maximum Gasteiger partial charge on any atom is 0.244 e. The Kier molecular flexibility index (Phi) is 12.1. The molecular weight excluding hydrogens is 645 g/mol. The standard InChI is InChI=1S/C35H37Cl2N3O5S/c1-4-25(2)38-35(42)33(22-26-12-7-5-8-13-26)39(23-30-31(36)16-11-17-32(30)37)34(41)24-40(46(3,43)44)27-18-20-29(21-19-27)45-28-14-9-6-10-15-28/h5-21,25,33H,4,22-24H2,1-3H3,(H,38,42)/t25-,33-/m0/s1. The molecule has 4 aromatic carbocycles. The third-order valence-corrected chi connectivity index (χ3v) is 9.29. The van der Waals surface area contributed by atoms with Crippen LogP contribution in [0.25, 0.3) is 0 Å². The molecule has 8 nitrogen and oxygen atoms in total. The van der Waals surface area contributed by atoms with Crippen LogP contribution in [-0.2, 0) is 32.6 Å². The number of nitrogens with zero attached hydrogens (tertiary/aromatic N) is 2. The third-order valence-electron chi connectivity index (χ3n) is 7.45. The molecular formula is C35H37Cl2N3O5S. The number of sulfonamides is 1. The number of para-hydroxylation sites is 1. The second kappa shape index (κ2) is 16.0. The van der Waals surface area contributed by atoms with E-state index in [0.29, 0.717) is 33.5 Å². The minimum absolute atomic E-state index is 0.121. The molecule has 0 radical (unpaired) electrons. The Morgan fingerprint density at radius 3 is 1.96 bits per heavy atom. The smallest absolute Gasteiger partial charge is 0.244 e. The fraction of sp³-hybridized carbons (Fsp3) is 0.257. The van der Waals surface area contributed by atoms with Gasteiger partial charge in [0, 0.05) is 34.6 Å². The van der Waals surface area contributed by atoms with Crippen molar-refractivity contribution in [3.8, 4) is 11.5 Å². The van der Waals surface area contributed by atoms with Crippen LogP contribution < -0.4 is 14.4 Å². The van der Waals surface area contributed by atoms with Gasteiger partial charge in [0.15, 0.2) is 0 Å². The van der Waals surface area contributed by atoms with Crippen LogP contribution in [0.15, 0.2) is 103 Å². The molecule has 1 N–H and O–H groups in total. The van der Waals surface area contributed by atoms with E-state index in [4.69, 9.17) is 27.9 Å². The highest BCUT2D eigenvalue weighted by Gasteiger charge is 2.34. The molecule has 0 unspecified atom stereocenters. The number of benzene rings is 4. The summed E-state index contributed by atoms with van der Waals surface area (Å²) in [6.07, 6.45) is 1.89. The van der Waals surface area contributed by atoms with Crippen molar-refractivity contribution in [3.63, 3.8) is 0 Å². The maximum atomic E-state index is 14.3. The summed E-state index contributed by atoms with van der Waals surface area (Å²) < 4.78 is 33.1. The molecule has 0 aromatic heterocycles. The predicted molar refractivity (Wildman–Crippen MR) is 184 cm³/mol. The van der Waals surface area contributed by atoms with Crippen molar-refractivity contribution < 1.29 is 22.7 Å². The summed E-state index contributed by atoms with van der Waals surface area (Å²) >= 11 is 13.1. The summed E-state index contributed by atoms with van der Waals surface area (Å²) in [5, 5.41) is 3.64. The minimum atomic E-state index is -3.94. The zero-order valence-electron chi connectivity index (χ0n) is 25.9. The number of halogens is 2. The van der Waals surface area contributed by atoms with E-state index in [0.717, 1.165) is 16.1 Å². The zero-order chi connectivity index (χ0) is 33.3. The average molecular weight is 683 g/mol. The number of amides is 2. The summed E-state index contributed by atoms with van der Waals surface area (Å²) in [4.78, 5) is 29.5. The number of ether oxygens (including phenoxy) is 1. The van der Waals surface area contributed by atoms with E-state index in [2.05, 4.69) is 5.32 Å². The molecule has 0 saturated carbocycles. The van der Waals surface area contributed by atoms with Gasteiger partial charge in [-0.05, 0) is 67.4 Å². The van der Waals surface area contributed by atoms with Gasteiger partial charge in [0.2, 0.25) is 21.8 Å². The number of nitrogens with one attached hydrogen (secondary N) is 1. The lowest BCUT2D eigenvalue weighted by Gasteiger charge is -2.34. The van der Waals surface area contributed by atoms with Crippen LogP contribution in [0.4, 0.5) is 5.69 Å². The summed E-state index contributed by atoms with van der Waals surface area (Å²) in [5.74, 6) is 0.142. The van der Waals surface area contributed by atoms with Crippen LogP contribution in [0.2, 0.25) is 10.0 Å². The monoisotopic (exact) mass is 681 g/mol.